The monoisotopic (exact) mass is 443 g/mol. The van der Waals surface area contributed by atoms with Gasteiger partial charge in [0, 0.05) is 11.8 Å². The van der Waals surface area contributed by atoms with E-state index in [0.29, 0.717) is 6.42 Å². The maximum Gasteiger partial charge on any atom is 0.410 e. The fraction of sp³-hybridized carbons (Fsp3) is 0.882. The predicted molar refractivity (Wildman–Crippen MR) is 92.1 cm³/mol. The van der Waals surface area contributed by atoms with Crippen molar-refractivity contribution in [2.45, 2.75) is 63.2 Å². The topological polar surface area (TPSA) is 108 Å². The van der Waals surface area contributed by atoms with E-state index in [1.807, 2.05) is 6.92 Å². The molecule has 2 bridgehead atoms. The lowest BCUT2D eigenvalue weighted by Crippen LogP contribution is -2.54. The summed E-state index contributed by atoms with van der Waals surface area (Å²) in [6.07, 6.45) is -8.44. The number of nitrogens with one attached hydrogen (secondary N) is 1. The zero-order valence-electron chi connectivity index (χ0n) is 16.2. The molecule has 5 unspecified atom stereocenters. The van der Waals surface area contributed by atoms with Crippen LogP contribution in [0.15, 0.2) is 0 Å². The van der Waals surface area contributed by atoms with Crippen molar-refractivity contribution in [1.29, 1.82) is 0 Å². The maximum atomic E-state index is 13.5. The van der Waals surface area contributed by atoms with Crippen molar-refractivity contribution in [3.8, 4) is 0 Å². The Kier molecular flexibility index (Phi) is 5.34. The maximum absolute atomic E-state index is 13.5. The standard InChI is InChI=1S/C17H24F3NO7S/c1-4-15(2,3)13(22)26-6-5-21-14(23)27-11-9-7-10-12(11)28-29(24,25)16(10,8-9)17(18,19)20/h9-12H,4-8H2,1-3H3,(H,21,23). The van der Waals surface area contributed by atoms with Crippen LogP contribution < -0.4 is 5.32 Å². The van der Waals surface area contributed by atoms with Gasteiger partial charge in [0.05, 0.1) is 12.0 Å². The van der Waals surface area contributed by atoms with Gasteiger partial charge in [0.25, 0.3) is 10.1 Å². The SMILES string of the molecule is CCC(C)(C)C(=O)OCCNC(=O)OC1C2CC3C1OS(=O)(=O)C3(C(F)(F)F)C2. The second kappa shape index (κ2) is 7.00. The Hall–Kier alpha value is -1.56. The second-order valence-electron chi connectivity index (χ2n) is 8.38. The lowest BCUT2D eigenvalue weighted by atomic mass is 9.84. The van der Waals surface area contributed by atoms with Gasteiger partial charge in [-0.25, -0.2) is 4.79 Å². The number of hydrogen-bond acceptors (Lipinski definition) is 7. The first-order valence-electron chi connectivity index (χ1n) is 9.38. The Morgan fingerprint density at radius 2 is 1.93 bits per heavy atom. The van der Waals surface area contributed by atoms with Crippen molar-refractivity contribution in [3.63, 3.8) is 0 Å². The van der Waals surface area contributed by atoms with Gasteiger partial charge in [0.1, 0.15) is 18.8 Å². The minimum atomic E-state index is -4.95. The van der Waals surface area contributed by atoms with E-state index in [1.165, 1.54) is 0 Å². The molecule has 0 aromatic carbocycles. The molecular formula is C17H24F3NO7S. The Bertz CT molecular complexity index is 797. The van der Waals surface area contributed by atoms with E-state index in [9.17, 15) is 31.2 Å². The Morgan fingerprint density at radius 1 is 1.28 bits per heavy atom. The molecule has 166 valence electrons. The highest BCUT2D eigenvalue weighted by Gasteiger charge is 2.82. The molecule has 1 N–H and O–H groups in total. The van der Waals surface area contributed by atoms with Crippen LogP contribution in [0.25, 0.3) is 0 Å². The Balaban J connectivity index is 1.54. The molecule has 1 aliphatic heterocycles. The van der Waals surface area contributed by atoms with Gasteiger partial charge >= 0.3 is 18.2 Å². The molecule has 5 atom stereocenters. The van der Waals surface area contributed by atoms with Crippen molar-refractivity contribution < 1.29 is 44.8 Å². The largest absolute Gasteiger partial charge is 0.463 e. The molecular weight excluding hydrogens is 419 g/mol. The van der Waals surface area contributed by atoms with Crippen molar-refractivity contribution in [3.05, 3.63) is 0 Å². The molecule has 1 amide bonds. The molecule has 12 heteroatoms. The van der Waals surface area contributed by atoms with Gasteiger partial charge in [-0.1, -0.05) is 6.92 Å². The second-order valence-corrected chi connectivity index (χ2v) is 10.2. The first-order valence-corrected chi connectivity index (χ1v) is 10.8. The number of rotatable bonds is 6. The van der Waals surface area contributed by atoms with Gasteiger partial charge in [0.2, 0.25) is 0 Å². The average molecular weight is 443 g/mol. The molecule has 2 aliphatic carbocycles. The molecule has 1 heterocycles. The third-order valence-corrected chi connectivity index (χ3v) is 8.42. The van der Waals surface area contributed by atoms with Crippen molar-refractivity contribution in [2.75, 3.05) is 13.2 Å². The number of halogens is 3. The van der Waals surface area contributed by atoms with Crippen LogP contribution in [0.5, 0.6) is 0 Å². The molecule has 0 aromatic heterocycles. The summed E-state index contributed by atoms with van der Waals surface area (Å²) in [5, 5.41) is 2.35. The van der Waals surface area contributed by atoms with E-state index >= 15 is 0 Å². The minimum absolute atomic E-state index is 0.0366. The van der Waals surface area contributed by atoms with Crippen LogP contribution in [-0.2, 0) is 28.6 Å². The summed E-state index contributed by atoms with van der Waals surface area (Å²) in [6, 6.07) is 0. The van der Waals surface area contributed by atoms with E-state index in [1.54, 1.807) is 13.8 Å². The highest BCUT2D eigenvalue weighted by molar-refractivity contribution is 7.88. The summed E-state index contributed by atoms with van der Waals surface area (Å²) in [4.78, 5) is 23.8. The number of amides is 1. The number of hydrogen-bond donors (Lipinski definition) is 1. The van der Waals surface area contributed by atoms with E-state index < -0.39 is 69.0 Å². The molecule has 29 heavy (non-hydrogen) atoms. The van der Waals surface area contributed by atoms with Crippen LogP contribution in [-0.4, -0.2) is 56.8 Å². The molecule has 0 spiro atoms. The van der Waals surface area contributed by atoms with Crippen LogP contribution in [0.3, 0.4) is 0 Å². The van der Waals surface area contributed by atoms with Gasteiger partial charge in [-0.2, -0.15) is 21.6 Å². The van der Waals surface area contributed by atoms with Crippen LogP contribution in [0.4, 0.5) is 18.0 Å². The smallest absolute Gasteiger partial charge is 0.410 e. The predicted octanol–water partition coefficient (Wildman–Crippen LogP) is 2.13. The third kappa shape index (κ3) is 3.37. The number of alkyl carbamates (subject to hydrolysis) is 1. The first-order chi connectivity index (χ1) is 13.3. The van der Waals surface area contributed by atoms with Crippen LogP contribution in [0, 0.1) is 17.3 Å². The van der Waals surface area contributed by atoms with Crippen LogP contribution in [0.2, 0.25) is 0 Å². The fourth-order valence-electron chi connectivity index (χ4n) is 4.36. The number of carbonyl (C=O) groups is 2. The molecule has 3 aliphatic rings. The molecule has 3 fully saturated rings. The molecule has 2 saturated carbocycles. The van der Waals surface area contributed by atoms with Crippen molar-refractivity contribution in [2.24, 2.45) is 17.3 Å². The van der Waals surface area contributed by atoms with Gasteiger partial charge in [0.15, 0.2) is 4.75 Å². The summed E-state index contributed by atoms with van der Waals surface area (Å²) in [6.45, 7) is 5.14. The lowest BCUT2D eigenvalue weighted by Gasteiger charge is -2.33. The summed E-state index contributed by atoms with van der Waals surface area (Å²) < 4.78 is 76.9. The van der Waals surface area contributed by atoms with Gasteiger partial charge in [-0.05, 0) is 33.1 Å². The third-order valence-electron chi connectivity index (χ3n) is 6.35. The number of alkyl halides is 3. The molecule has 3 rings (SSSR count). The molecule has 8 nitrogen and oxygen atoms in total. The summed E-state index contributed by atoms with van der Waals surface area (Å²) in [7, 11) is -4.86. The summed E-state index contributed by atoms with van der Waals surface area (Å²) in [5.41, 5.74) is -0.653. The molecule has 1 saturated heterocycles. The zero-order valence-corrected chi connectivity index (χ0v) is 17.1. The average Bonchev–Trinajstić information content (AvgIpc) is 3.19. The van der Waals surface area contributed by atoms with Gasteiger partial charge in [-0.3, -0.25) is 8.98 Å². The zero-order chi connectivity index (χ0) is 21.8. The van der Waals surface area contributed by atoms with Gasteiger partial charge in [-0.15, -0.1) is 0 Å². The normalized spacial score (nSPS) is 34.8. The lowest BCUT2D eigenvalue weighted by molar-refractivity contribution is -0.176. The van der Waals surface area contributed by atoms with E-state index in [2.05, 4.69) is 5.32 Å². The van der Waals surface area contributed by atoms with Crippen LogP contribution in [0.1, 0.15) is 40.0 Å². The van der Waals surface area contributed by atoms with E-state index in [0.717, 1.165) is 0 Å². The quantitative estimate of drug-likeness (QED) is 0.381. The number of carbonyl (C=O) groups excluding carboxylic acids is 2. The Labute approximate surface area is 166 Å². The minimum Gasteiger partial charge on any atom is -0.463 e. The van der Waals surface area contributed by atoms with Crippen molar-refractivity contribution >= 4 is 22.2 Å². The highest BCUT2D eigenvalue weighted by atomic mass is 32.2. The molecule has 0 radical (unpaired) electrons. The highest BCUT2D eigenvalue weighted by Crippen LogP contribution is 2.66. The number of esters is 1. The summed E-state index contributed by atoms with van der Waals surface area (Å²) >= 11 is 0. The summed E-state index contributed by atoms with van der Waals surface area (Å²) in [5.74, 6) is -2.46. The van der Waals surface area contributed by atoms with E-state index in [-0.39, 0.29) is 19.6 Å². The Morgan fingerprint density at radius 3 is 2.52 bits per heavy atom. The molecule has 0 aromatic rings. The van der Waals surface area contributed by atoms with Crippen molar-refractivity contribution in [1.82, 2.24) is 5.32 Å². The number of ether oxygens (including phenoxy) is 2. The van der Waals surface area contributed by atoms with Crippen LogP contribution >= 0.6 is 0 Å². The van der Waals surface area contributed by atoms with Gasteiger partial charge < -0.3 is 14.8 Å². The first kappa shape index (κ1) is 22.1. The fourth-order valence-corrected chi connectivity index (χ4v) is 6.37. The number of fused-ring (bicyclic) bond motifs is 1. The van der Waals surface area contributed by atoms with E-state index in [4.69, 9.17) is 13.7 Å².